The number of hydrogen-bond donors (Lipinski definition) is 1. The Kier molecular flexibility index (Phi) is 3.46. The summed E-state index contributed by atoms with van der Waals surface area (Å²) in [7, 11) is 0. The number of hydrogen-bond acceptors (Lipinski definition) is 3. The van der Waals surface area contributed by atoms with Crippen molar-refractivity contribution in [3.8, 4) is 11.1 Å². The maximum absolute atomic E-state index is 13.0. The molecule has 0 fully saturated rings. The van der Waals surface area contributed by atoms with E-state index in [1.165, 1.54) is 17.7 Å². The van der Waals surface area contributed by atoms with E-state index in [9.17, 15) is 4.39 Å². The molecular weight excluding hydrogens is 303 g/mol. The predicted octanol–water partition coefficient (Wildman–Crippen LogP) is 4.59. The summed E-state index contributed by atoms with van der Waals surface area (Å²) < 4.78 is 14.7. The Morgan fingerprint density at radius 1 is 1.00 bits per heavy atom. The average Bonchev–Trinajstić information content (AvgIpc) is 2.99. The van der Waals surface area contributed by atoms with Crippen molar-refractivity contribution in [3.05, 3.63) is 78.2 Å². The molecule has 4 nitrogen and oxygen atoms in total. The van der Waals surface area contributed by atoms with E-state index >= 15 is 0 Å². The number of benzene rings is 2. The summed E-state index contributed by atoms with van der Waals surface area (Å²) in [6, 6.07) is 18.4. The molecule has 0 spiro atoms. The van der Waals surface area contributed by atoms with E-state index in [1.807, 2.05) is 24.4 Å². The minimum atomic E-state index is -0.273. The first-order valence-corrected chi connectivity index (χ1v) is 7.64. The van der Waals surface area contributed by atoms with Crippen LogP contribution in [0.25, 0.3) is 16.8 Å². The number of nitrogens with one attached hydrogen (secondary N) is 1. The molecule has 2 heterocycles. The molecule has 0 radical (unpaired) electrons. The van der Waals surface area contributed by atoms with Gasteiger partial charge in [-0.1, -0.05) is 29.8 Å². The molecule has 2 aromatic heterocycles. The molecule has 0 saturated carbocycles. The maximum atomic E-state index is 13.0. The van der Waals surface area contributed by atoms with Crippen LogP contribution in [0.4, 0.5) is 16.0 Å². The molecule has 2 aromatic carbocycles. The number of nitrogens with zero attached hydrogens (tertiary/aromatic N) is 3. The number of rotatable bonds is 3. The molecule has 1 N–H and O–H groups in total. The van der Waals surface area contributed by atoms with Crippen LogP contribution in [0.15, 0.2) is 66.9 Å². The Balaban J connectivity index is 1.75. The van der Waals surface area contributed by atoms with Gasteiger partial charge in [0.15, 0.2) is 5.65 Å². The number of aryl methyl sites for hydroxylation is 1. The van der Waals surface area contributed by atoms with Crippen molar-refractivity contribution in [3.63, 3.8) is 0 Å². The standard InChI is InChI=1S/C19H15FN4/c1-13-4-2-5-14(12-13)17-6-3-11-24-18(17)22-19(23-24)21-16-9-7-15(20)8-10-16/h2-12H,1H3,(H,21,23). The number of anilines is 2. The van der Waals surface area contributed by atoms with Gasteiger partial charge in [0.25, 0.3) is 0 Å². The normalized spacial score (nSPS) is 10.9. The molecular formula is C19H15FN4. The van der Waals surface area contributed by atoms with Crippen LogP contribution >= 0.6 is 0 Å². The highest BCUT2D eigenvalue weighted by Gasteiger charge is 2.10. The summed E-state index contributed by atoms with van der Waals surface area (Å²) in [6.07, 6.45) is 1.86. The predicted molar refractivity (Wildman–Crippen MR) is 92.8 cm³/mol. The molecule has 24 heavy (non-hydrogen) atoms. The number of fused-ring (bicyclic) bond motifs is 1. The zero-order valence-corrected chi connectivity index (χ0v) is 13.1. The SMILES string of the molecule is Cc1cccc(-c2cccn3nc(Nc4ccc(F)cc4)nc23)c1. The summed E-state index contributed by atoms with van der Waals surface area (Å²) in [4.78, 5) is 4.58. The van der Waals surface area contributed by atoms with Crippen LogP contribution in [0.5, 0.6) is 0 Å². The quantitative estimate of drug-likeness (QED) is 0.601. The maximum Gasteiger partial charge on any atom is 0.247 e. The molecule has 0 unspecified atom stereocenters. The van der Waals surface area contributed by atoms with Gasteiger partial charge in [-0.05, 0) is 48.9 Å². The summed E-state index contributed by atoms with van der Waals surface area (Å²) in [5.74, 6) is 0.201. The van der Waals surface area contributed by atoms with Gasteiger partial charge in [0, 0.05) is 17.4 Å². The van der Waals surface area contributed by atoms with Gasteiger partial charge < -0.3 is 5.32 Å². The third kappa shape index (κ3) is 2.72. The monoisotopic (exact) mass is 318 g/mol. The molecule has 5 heteroatoms. The average molecular weight is 318 g/mol. The second kappa shape index (κ2) is 5.77. The van der Waals surface area contributed by atoms with Gasteiger partial charge in [0.05, 0.1) is 0 Å². The summed E-state index contributed by atoms with van der Waals surface area (Å²) in [6.45, 7) is 2.06. The fourth-order valence-corrected chi connectivity index (χ4v) is 2.66. The zero-order chi connectivity index (χ0) is 16.5. The first-order valence-electron chi connectivity index (χ1n) is 7.64. The van der Waals surface area contributed by atoms with Crippen molar-refractivity contribution in [2.75, 3.05) is 5.32 Å². The Bertz CT molecular complexity index is 1010. The van der Waals surface area contributed by atoms with E-state index < -0.39 is 0 Å². The lowest BCUT2D eigenvalue weighted by Gasteiger charge is -2.03. The highest BCUT2D eigenvalue weighted by molar-refractivity contribution is 5.78. The zero-order valence-electron chi connectivity index (χ0n) is 13.1. The molecule has 0 atom stereocenters. The van der Waals surface area contributed by atoms with Crippen LogP contribution in [-0.2, 0) is 0 Å². The summed E-state index contributed by atoms with van der Waals surface area (Å²) in [5.41, 5.74) is 4.82. The van der Waals surface area contributed by atoms with Gasteiger partial charge in [0.1, 0.15) is 5.82 Å². The van der Waals surface area contributed by atoms with E-state index in [0.29, 0.717) is 5.95 Å². The van der Waals surface area contributed by atoms with Crippen molar-refractivity contribution >= 4 is 17.3 Å². The van der Waals surface area contributed by atoms with E-state index in [1.54, 1.807) is 16.6 Å². The Hall–Kier alpha value is -3.21. The number of pyridine rings is 1. The van der Waals surface area contributed by atoms with Crippen molar-refractivity contribution < 1.29 is 4.39 Å². The second-order valence-electron chi connectivity index (χ2n) is 5.63. The first kappa shape index (κ1) is 14.4. The van der Waals surface area contributed by atoms with E-state index in [2.05, 4.69) is 40.5 Å². The van der Waals surface area contributed by atoms with Gasteiger partial charge in [-0.2, -0.15) is 4.98 Å². The van der Waals surface area contributed by atoms with Crippen molar-refractivity contribution in [1.29, 1.82) is 0 Å². The molecule has 118 valence electrons. The molecule has 4 rings (SSSR count). The third-order valence-electron chi connectivity index (χ3n) is 3.79. The van der Waals surface area contributed by atoms with Crippen molar-refractivity contribution in [2.45, 2.75) is 6.92 Å². The van der Waals surface area contributed by atoms with Gasteiger partial charge in [0.2, 0.25) is 5.95 Å². The molecule has 0 aliphatic carbocycles. The lowest BCUT2D eigenvalue weighted by molar-refractivity contribution is 0.628. The Morgan fingerprint density at radius 2 is 1.83 bits per heavy atom. The minimum Gasteiger partial charge on any atom is -0.323 e. The van der Waals surface area contributed by atoms with Gasteiger partial charge in [-0.25, -0.2) is 8.91 Å². The van der Waals surface area contributed by atoms with E-state index in [0.717, 1.165) is 22.5 Å². The summed E-state index contributed by atoms with van der Waals surface area (Å²) >= 11 is 0. The molecule has 4 aromatic rings. The fourth-order valence-electron chi connectivity index (χ4n) is 2.66. The van der Waals surface area contributed by atoms with Crippen molar-refractivity contribution in [2.24, 2.45) is 0 Å². The lowest BCUT2D eigenvalue weighted by atomic mass is 10.1. The molecule has 0 aliphatic rings. The summed E-state index contributed by atoms with van der Waals surface area (Å²) in [5, 5.41) is 7.54. The van der Waals surface area contributed by atoms with E-state index in [4.69, 9.17) is 0 Å². The van der Waals surface area contributed by atoms with Crippen LogP contribution in [0, 0.1) is 12.7 Å². The first-order chi connectivity index (χ1) is 11.7. The third-order valence-corrected chi connectivity index (χ3v) is 3.79. The van der Waals surface area contributed by atoms with Gasteiger partial charge in [-0.15, -0.1) is 5.10 Å². The number of halogens is 1. The second-order valence-corrected chi connectivity index (χ2v) is 5.63. The molecule has 0 bridgehead atoms. The topological polar surface area (TPSA) is 42.2 Å². The minimum absolute atomic E-state index is 0.273. The largest absolute Gasteiger partial charge is 0.323 e. The van der Waals surface area contributed by atoms with Crippen LogP contribution in [-0.4, -0.2) is 14.6 Å². The van der Waals surface area contributed by atoms with Crippen LogP contribution in [0.2, 0.25) is 0 Å². The fraction of sp³-hybridized carbons (Fsp3) is 0.0526. The highest BCUT2D eigenvalue weighted by atomic mass is 19.1. The molecule has 0 amide bonds. The lowest BCUT2D eigenvalue weighted by Crippen LogP contribution is -1.93. The smallest absolute Gasteiger partial charge is 0.247 e. The van der Waals surface area contributed by atoms with Gasteiger partial charge >= 0.3 is 0 Å². The van der Waals surface area contributed by atoms with Gasteiger partial charge in [-0.3, -0.25) is 0 Å². The van der Waals surface area contributed by atoms with Crippen LogP contribution in [0.3, 0.4) is 0 Å². The number of aromatic nitrogens is 3. The van der Waals surface area contributed by atoms with Crippen LogP contribution in [0.1, 0.15) is 5.56 Å². The van der Waals surface area contributed by atoms with Crippen molar-refractivity contribution in [1.82, 2.24) is 14.6 Å². The van der Waals surface area contributed by atoms with Crippen LogP contribution < -0.4 is 5.32 Å². The molecule has 0 saturated heterocycles. The highest BCUT2D eigenvalue weighted by Crippen LogP contribution is 2.25. The Morgan fingerprint density at radius 3 is 2.62 bits per heavy atom. The Labute approximate surface area is 138 Å². The van der Waals surface area contributed by atoms with E-state index in [-0.39, 0.29) is 5.82 Å². The molecule has 0 aliphatic heterocycles.